The second-order valence-corrected chi connectivity index (χ2v) is 10.4. The molecular weight excluding hydrogens is 506 g/mol. The van der Waals surface area contributed by atoms with Crippen molar-refractivity contribution in [2.45, 2.75) is 30.5 Å². The average Bonchev–Trinajstić information content (AvgIpc) is 3.65. The van der Waals surface area contributed by atoms with E-state index in [0.29, 0.717) is 17.6 Å². The Morgan fingerprint density at radius 3 is 2.39 bits per heavy atom. The highest BCUT2D eigenvalue weighted by atomic mass is 35.5. The molecular formula is C29H28ClN3O5. The third-order valence-corrected chi connectivity index (χ3v) is 7.85. The van der Waals surface area contributed by atoms with Crippen LogP contribution in [0.4, 0.5) is 0 Å². The molecule has 0 bridgehead atoms. The maximum absolute atomic E-state index is 9.96. The maximum Gasteiger partial charge on any atom is 0.295 e. The van der Waals surface area contributed by atoms with Crippen LogP contribution in [0.15, 0.2) is 60.7 Å². The van der Waals surface area contributed by atoms with Crippen LogP contribution in [0, 0.1) is 0 Å². The Morgan fingerprint density at radius 2 is 1.63 bits per heavy atom. The summed E-state index contributed by atoms with van der Waals surface area (Å²) in [6, 6.07) is 21.1. The summed E-state index contributed by atoms with van der Waals surface area (Å²) < 4.78 is 23.2. The lowest BCUT2D eigenvalue weighted by Gasteiger charge is -2.24. The Bertz CT molecular complexity index is 1440. The Labute approximate surface area is 224 Å². The predicted octanol–water partition coefficient (Wildman–Crippen LogP) is 4.12. The summed E-state index contributed by atoms with van der Waals surface area (Å²) in [5, 5.41) is 14.0. The van der Waals surface area contributed by atoms with Gasteiger partial charge in [-0.05, 0) is 34.4 Å². The number of aromatic amines is 1. The van der Waals surface area contributed by atoms with Gasteiger partial charge in [-0.3, -0.25) is 0 Å². The molecule has 3 aromatic carbocycles. The summed E-state index contributed by atoms with van der Waals surface area (Å²) in [4.78, 5) is 7.81. The fourth-order valence-electron chi connectivity index (χ4n) is 5.48. The summed E-state index contributed by atoms with van der Waals surface area (Å²) in [6.07, 6.45) is -1.50. The van der Waals surface area contributed by atoms with Crippen LogP contribution in [0.5, 0.6) is 6.01 Å². The van der Waals surface area contributed by atoms with Gasteiger partial charge in [-0.2, -0.15) is 4.98 Å². The van der Waals surface area contributed by atoms with Gasteiger partial charge in [0.25, 0.3) is 6.01 Å². The van der Waals surface area contributed by atoms with E-state index in [1.54, 1.807) is 0 Å². The number of hydrogen-bond donors (Lipinski definition) is 3. The standard InChI is InChI=1S/C29H28ClN3O5/c30-21-12-23-22(32-29(33-23)38-26-15-37-27-24(34)14-36-28(26)27)11-20(21)18-5-1-16(2-6-18)17-3-7-19(8-4-17)25-13-31-9-10-35-25/h1-8,11-12,24-28,31,34H,9-10,13-15H2,(H,32,33)/t24-,25?,26-,27-,28-/m1/s1. The number of H-pyrrole nitrogens is 1. The number of hydrogen-bond acceptors (Lipinski definition) is 7. The van der Waals surface area contributed by atoms with Crippen molar-refractivity contribution in [3.8, 4) is 28.3 Å². The van der Waals surface area contributed by atoms with Crippen molar-refractivity contribution in [2.75, 3.05) is 32.9 Å². The maximum atomic E-state index is 9.96. The van der Waals surface area contributed by atoms with Crippen LogP contribution in [-0.2, 0) is 14.2 Å². The zero-order valence-corrected chi connectivity index (χ0v) is 21.4. The van der Waals surface area contributed by atoms with E-state index >= 15 is 0 Å². The van der Waals surface area contributed by atoms with Crippen molar-refractivity contribution >= 4 is 22.6 Å². The fraction of sp³-hybridized carbons (Fsp3) is 0.345. The van der Waals surface area contributed by atoms with E-state index in [1.165, 1.54) is 5.56 Å². The number of fused-ring (bicyclic) bond motifs is 2. The van der Waals surface area contributed by atoms with Crippen LogP contribution >= 0.6 is 11.6 Å². The molecule has 4 aromatic rings. The molecule has 0 radical (unpaired) electrons. The molecule has 0 amide bonds. The van der Waals surface area contributed by atoms with Crippen molar-refractivity contribution in [1.29, 1.82) is 0 Å². The molecule has 9 heteroatoms. The first kappa shape index (κ1) is 24.1. The molecule has 5 atom stereocenters. The van der Waals surface area contributed by atoms with Crippen LogP contribution in [0.25, 0.3) is 33.3 Å². The van der Waals surface area contributed by atoms with Crippen molar-refractivity contribution in [2.24, 2.45) is 0 Å². The van der Waals surface area contributed by atoms with Gasteiger partial charge in [0.1, 0.15) is 18.3 Å². The molecule has 3 fully saturated rings. The highest BCUT2D eigenvalue weighted by Gasteiger charge is 2.48. The lowest BCUT2D eigenvalue weighted by Crippen LogP contribution is -2.34. The topological polar surface area (TPSA) is 97.9 Å². The molecule has 1 aromatic heterocycles. The number of imidazole rings is 1. The third-order valence-electron chi connectivity index (χ3n) is 7.53. The predicted molar refractivity (Wildman–Crippen MR) is 143 cm³/mol. The largest absolute Gasteiger partial charge is 0.456 e. The monoisotopic (exact) mass is 533 g/mol. The van der Waals surface area contributed by atoms with Crippen LogP contribution in [0.3, 0.4) is 0 Å². The Balaban J connectivity index is 1.09. The Morgan fingerprint density at radius 1 is 0.895 bits per heavy atom. The molecule has 7 rings (SSSR count). The van der Waals surface area contributed by atoms with Crippen LogP contribution in [0.1, 0.15) is 11.7 Å². The number of halogens is 1. The zero-order valence-electron chi connectivity index (χ0n) is 20.6. The van der Waals surface area contributed by atoms with Crippen LogP contribution < -0.4 is 10.1 Å². The Kier molecular flexibility index (Phi) is 6.31. The summed E-state index contributed by atoms with van der Waals surface area (Å²) in [7, 11) is 0. The van der Waals surface area contributed by atoms with E-state index in [4.69, 9.17) is 30.5 Å². The lowest BCUT2D eigenvalue weighted by molar-refractivity contribution is 0.00706. The van der Waals surface area contributed by atoms with E-state index in [2.05, 4.69) is 63.8 Å². The first-order valence-electron chi connectivity index (χ1n) is 12.9. The van der Waals surface area contributed by atoms with Crippen molar-refractivity contribution in [1.82, 2.24) is 15.3 Å². The molecule has 196 valence electrons. The summed E-state index contributed by atoms with van der Waals surface area (Å²) in [5.41, 5.74) is 6.90. The lowest BCUT2D eigenvalue weighted by atomic mass is 9.98. The quantitative estimate of drug-likeness (QED) is 0.355. The molecule has 38 heavy (non-hydrogen) atoms. The second kappa shape index (κ2) is 9.96. The Hall–Kier alpha value is -2.98. The molecule has 3 N–H and O–H groups in total. The normalized spacial score (nSPS) is 27.1. The molecule has 1 unspecified atom stereocenters. The van der Waals surface area contributed by atoms with Gasteiger partial charge in [-0.25, -0.2) is 0 Å². The van der Waals surface area contributed by atoms with E-state index < -0.39 is 6.10 Å². The van der Waals surface area contributed by atoms with Gasteiger partial charge in [0.05, 0.1) is 42.0 Å². The SMILES string of the molecule is O[C@@H]1CO[C@H]2[C@@H]1OC[C@H]2Oc1nc2cc(-c3ccc(-c4ccc(C5CNCCO5)cc4)cc3)c(Cl)cc2[nH]1. The molecule has 8 nitrogen and oxygen atoms in total. The first-order valence-corrected chi connectivity index (χ1v) is 13.3. The highest BCUT2D eigenvalue weighted by Crippen LogP contribution is 2.35. The van der Waals surface area contributed by atoms with E-state index in [9.17, 15) is 5.11 Å². The molecule has 0 spiro atoms. The van der Waals surface area contributed by atoms with Crippen molar-refractivity contribution in [3.63, 3.8) is 0 Å². The molecule has 3 saturated heterocycles. The number of aromatic nitrogens is 2. The van der Waals surface area contributed by atoms with Gasteiger partial charge in [0, 0.05) is 18.7 Å². The van der Waals surface area contributed by atoms with Gasteiger partial charge >= 0.3 is 0 Å². The van der Waals surface area contributed by atoms with Gasteiger partial charge in [0.2, 0.25) is 0 Å². The number of nitrogens with zero attached hydrogens (tertiary/aromatic N) is 1. The number of aliphatic hydroxyl groups is 1. The molecule has 0 saturated carbocycles. The minimum absolute atomic E-state index is 0.109. The smallest absolute Gasteiger partial charge is 0.295 e. The number of ether oxygens (including phenoxy) is 4. The number of nitrogens with one attached hydrogen (secondary N) is 2. The first-order chi connectivity index (χ1) is 18.6. The molecule has 0 aliphatic carbocycles. The number of benzene rings is 3. The van der Waals surface area contributed by atoms with Gasteiger partial charge < -0.3 is 34.4 Å². The minimum atomic E-state index is -0.620. The summed E-state index contributed by atoms with van der Waals surface area (Å²) in [5.74, 6) is 0. The second-order valence-electron chi connectivity index (χ2n) is 9.97. The summed E-state index contributed by atoms with van der Waals surface area (Å²) in [6.45, 7) is 3.09. The number of aliphatic hydroxyl groups excluding tert-OH is 1. The number of rotatable bonds is 5. The van der Waals surface area contributed by atoms with E-state index in [1.807, 2.05) is 12.1 Å². The highest BCUT2D eigenvalue weighted by molar-refractivity contribution is 6.34. The average molecular weight is 534 g/mol. The van der Waals surface area contributed by atoms with Crippen LogP contribution in [0.2, 0.25) is 5.02 Å². The van der Waals surface area contributed by atoms with Gasteiger partial charge in [-0.15, -0.1) is 0 Å². The molecule has 3 aliphatic rings. The van der Waals surface area contributed by atoms with Gasteiger partial charge in [0.15, 0.2) is 6.10 Å². The minimum Gasteiger partial charge on any atom is -0.456 e. The van der Waals surface area contributed by atoms with Crippen LogP contribution in [-0.4, -0.2) is 72.4 Å². The molecule has 3 aliphatic heterocycles. The fourth-order valence-corrected chi connectivity index (χ4v) is 5.76. The van der Waals surface area contributed by atoms with Gasteiger partial charge in [-0.1, -0.05) is 60.1 Å². The summed E-state index contributed by atoms with van der Waals surface area (Å²) >= 11 is 6.68. The van der Waals surface area contributed by atoms with E-state index in [-0.39, 0.29) is 31.0 Å². The van der Waals surface area contributed by atoms with Crippen molar-refractivity contribution < 1.29 is 24.1 Å². The molecule has 4 heterocycles. The number of morpholine rings is 1. The van der Waals surface area contributed by atoms with Crippen molar-refractivity contribution in [3.05, 3.63) is 71.2 Å². The zero-order chi connectivity index (χ0) is 25.6. The third kappa shape index (κ3) is 4.47. The van der Waals surface area contributed by atoms with E-state index in [0.717, 1.165) is 53.0 Å².